The van der Waals surface area contributed by atoms with E-state index in [2.05, 4.69) is 11.1 Å². The zero-order valence-electron chi connectivity index (χ0n) is 19.7. The van der Waals surface area contributed by atoms with Crippen LogP contribution in [0.15, 0.2) is 46.5 Å². The number of nitrogens with two attached hydrogens (primary N) is 1. The maximum Gasteiger partial charge on any atom is 0.278 e. The number of rotatable bonds is 7. The Hall–Kier alpha value is -3.61. The molecule has 1 aliphatic rings. The molecule has 9 nitrogen and oxygen atoms in total. The molecule has 0 amide bonds. The van der Waals surface area contributed by atoms with Crippen LogP contribution in [0.5, 0.6) is 5.75 Å². The first-order valence-corrected chi connectivity index (χ1v) is 11.7. The Balaban J connectivity index is 1.84. The smallest absolute Gasteiger partial charge is 0.278 e. The van der Waals surface area contributed by atoms with Crippen molar-refractivity contribution in [2.24, 2.45) is 5.73 Å². The molecule has 0 radical (unpaired) electrons. The number of anilines is 1. The Morgan fingerprint density at radius 2 is 2.23 bits per heavy atom. The van der Waals surface area contributed by atoms with Crippen molar-refractivity contribution in [1.29, 1.82) is 5.26 Å². The molecule has 4 rings (SSSR count). The van der Waals surface area contributed by atoms with Crippen LogP contribution in [-0.4, -0.2) is 46.1 Å². The molecule has 3 aromatic rings. The molecule has 2 aromatic heterocycles. The molecule has 1 aliphatic heterocycles. The topological polar surface area (TPSA) is 119 Å². The van der Waals surface area contributed by atoms with Crippen LogP contribution in [-0.2, 0) is 13.1 Å². The molecule has 10 heteroatoms. The molecule has 35 heavy (non-hydrogen) atoms. The molecule has 2 N–H and O–H groups in total. The predicted molar refractivity (Wildman–Crippen MR) is 135 cm³/mol. The van der Waals surface area contributed by atoms with Gasteiger partial charge in [-0.25, -0.2) is 4.98 Å². The van der Waals surface area contributed by atoms with Gasteiger partial charge in [-0.1, -0.05) is 29.8 Å². The van der Waals surface area contributed by atoms with Gasteiger partial charge in [0.15, 0.2) is 5.78 Å². The van der Waals surface area contributed by atoms with Crippen LogP contribution < -0.4 is 20.9 Å². The van der Waals surface area contributed by atoms with E-state index in [4.69, 9.17) is 22.1 Å². The van der Waals surface area contributed by atoms with E-state index < -0.39 is 5.56 Å². The molecular weight excluding hydrogens is 468 g/mol. The van der Waals surface area contributed by atoms with Crippen molar-refractivity contribution in [3.63, 3.8) is 0 Å². The lowest BCUT2D eigenvalue weighted by Gasteiger charge is -2.33. The highest BCUT2D eigenvalue weighted by molar-refractivity contribution is 6.29. The second kappa shape index (κ2) is 10.3. The number of aromatic nitrogens is 3. The van der Waals surface area contributed by atoms with Crippen LogP contribution in [0.3, 0.4) is 0 Å². The highest BCUT2D eigenvalue weighted by Gasteiger charge is 2.28. The molecule has 1 saturated heterocycles. The molecule has 1 atom stereocenters. The second-order valence-corrected chi connectivity index (χ2v) is 9.19. The fourth-order valence-corrected chi connectivity index (χ4v) is 4.50. The Labute approximate surface area is 208 Å². The second-order valence-electron chi connectivity index (χ2n) is 8.59. The van der Waals surface area contributed by atoms with Gasteiger partial charge in [0.25, 0.3) is 5.56 Å². The van der Waals surface area contributed by atoms with Gasteiger partial charge in [-0.15, -0.1) is 0 Å². The summed E-state index contributed by atoms with van der Waals surface area (Å²) >= 11 is 6.11. The van der Waals surface area contributed by atoms with Crippen molar-refractivity contribution in [3.05, 3.63) is 63.2 Å². The molecule has 0 saturated carbocycles. The maximum atomic E-state index is 13.6. The van der Waals surface area contributed by atoms with Crippen LogP contribution in [0, 0.1) is 11.3 Å². The summed E-state index contributed by atoms with van der Waals surface area (Å²) in [4.78, 5) is 33.0. The van der Waals surface area contributed by atoms with Gasteiger partial charge >= 0.3 is 0 Å². The number of nitriles is 1. The highest BCUT2D eigenvalue weighted by atomic mass is 35.5. The van der Waals surface area contributed by atoms with Gasteiger partial charge in [-0.3, -0.25) is 14.2 Å². The van der Waals surface area contributed by atoms with Gasteiger partial charge in [-0.2, -0.15) is 5.26 Å². The minimum Gasteiger partial charge on any atom is -0.497 e. The summed E-state index contributed by atoms with van der Waals surface area (Å²) in [5.74, 6) is 0.898. The van der Waals surface area contributed by atoms with Crippen LogP contribution in [0.1, 0.15) is 35.7 Å². The Kier molecular flexibility index (Phi) is 7.24. The van der Waals surface area contributed by atoms with E-state index in [0.717, 1.165) is 12.8 Å². The van der Waals surface area contributed by atoms with Crippen molar-refractivity contribution in [1.82, 2.24) is 14.1 Å². The van der Waals surface area contributed by atoms with E-state index >= 15 is 0 Å². The first-order chi connectivity index (χ1) is 16.8. The van der Waals surface area contributed by atoms with Gasteiger partial charge in [0.1, 0.15) is 34.2 Å². The molecule has 1 fully saturated rings. The highest BCUT2D eigenvalue weighted by Crippen LogP contribution is 2.32. The largest absolute Gasteiger partial charge is 0.497 e. The fraction of sp³-hybridized carbons (Fsp3) is 0.360. The monoisotopic (exact) mass is 494 g/mol. The SMILES string of the molecule is COc1cccc(C(=O)Cn2cnc3c(C#N)c(N4CCC[C@H](N)C4)n(C/C=C(\C)Cl)c3c2=O)c1. The number of ketones is 1. The van der Waals surface area contributed by atoms with Crippen molar-refractivity contribution in [3.8, 4) is 11.8 Å². The number of halogens is 1. The zero-order valence-corrected chi connectivity index (χ0v) is 20.5. The van der Waals surface area contributed by atoms with Crippen LogP contribution in [0.4, 0.5) is 5.82 Å². The Morgan fingerprint density at radius 1 is 1.43 bits per heavy atom. The third kappa shape index (κ3) is 4.94. The van der Waals surface area contributed by atoms with Gasteiger partial charge in [0.2, 0.25) is 0 Å². The molecule has 0 bridgehead atoms. The fourth-order valence-electron chi connectivity index (χ4n) is 4.44. The Bertz CT molecular complexity index is 1400. The van der Waals surface area contributed by atoms with E-state index in [0.29, 0.717) is 46.3 Å². The summed E-state index contributed by atoms with van der Waals surface area (Å²) in [6.45, 7) is 3.11. The normalized spacial score (nSPS) is 16.4. The van der Waals surface area contributed by atoms with Crippen LogP contribution in [0.25, 0.3) is 11.0 Å². The van der Waals surface area contributed by atoms with E-state index in [1.165, 1.54) is 18.0 Å². The van der Waals surface area contributed by atoms with E-state index in [-0.39, 0.29) is 30.4 Å². The maximum absolute atomic E-state index is 13.6. The zero-order chi connectivity index (χ0) is 25.1. The van der Waals surface area contributed by atoms with Gasteiger partial charge in [0, 0.05) is 36.3 Å². The molecule has 0 aliphatic carbocycles. The number of carbonyl (C=O) groups excluding carboxylic acids is 1. The Morgan fingerprint density at radius 3 is 2.91 bits per heavy atom. The summed E-state index contributed by atoms with van der Waals surface area (Å²) in [5.41, 5.74) is 7.10. The number of benzene rings is 1. The lowest BCUT2D eigenvalue weighted by atomic mass is 10.1. The summed E-state index contributed by atoms with van der Waals surface area (Å²) in [5, 5.41) is 10.6. The lowest BCUT2D eigenvalue weighted by molar-refractivity contribution is 0.0970. The van der Waals surface area contributed by atoms with Crippen molar-refractivity contribution in [2.45, 2.75) is 38.9 Å². The average Bonchev–Trinajstić information content (AvgIpc) is 3.18. The van der Waals surface area contributed by atoms with Gasteiger partial charge < -0.3 is 19.9 Å². The number of hydrogen-bond donors (Lipinski definition) is 1. The first kappa shape index (κ1) is 24.5. The average molecular weight is 495 g/mol. The number of piperidine rings is 1. The molecular formula is C25H27ClN6O3. The minimum atomic E-state index is -0.407. The molecule has 0 unspecified atom stereocenters. The standard InChI is InChI=1S/C25H27ClN6O3/c1-16(26)8-10-32-23-22(20(12-27)24(32)30-9-4-6-18(28)13-30)29-15-31(25(23)34)14-21(33)17-5-3-7-19(11-17)35-2/h3,5,7-8,11,15,18H,4,6,9-10,13-14,28H2,1-2H3/b16-8+/t18-/m0/s1. The third-order valence-electron chi connectivity index (χ3n) is 6.13. The van der Waals surface area contributed by atoms with E-state index in [1.54, 1.807) is 41.8 Å². The van der Waals surface area contributed by atoms with Crippen LogP contribution >= 0.6 is 11.6 Å². The number of allylic oxidation sites excluding steroid dienone is 2. The summed E-state index contributed by atoms with van der Waals surface area (Å²) in [6.07, 6.45) is 4.87. The number of Topliss-reactive ketones (excluding diaryl/α,β-unsaturated/α-hetero) is 1. The number of fused-ring (bicyclic) bond motifs is 1. The predicted octanol–water partition coefficient (Wildman–Crippen LogP) is 3.03. The summed E-state index contributed by atoms with van der Waals surface area (Å²) in [6, 6.07) is 8.97. The van der Waals surface area contributed by atoms with Crippen molar-refractivity contribution < 1.29 is 9.53 Å². The van der Waals surface area contributed by atoms with Crippen molar-refractivity contribution in [2.75, 3.05) is 25.1 Å². The van der Waals surface area contributed by atoms with Gasteiger partial charge in [-0.05, 0) is 31.9 Å². The molecule has 3 heterocycles. The quantitative estimate of drug-likeness (QED) is 0.501. The minimum absolute atomic E-state index is 0.0304. The third-order valence-corrected chi connectivity index (χ3v) is 6.28. The number of hydrogen-bond acceptors (Lipinski definition) is 7. The summed E-state index contributed by atoms with van der Waals surface area (Å²) in [7, 11) is 1.52. The van der Waals surface area contributed by atoms with Crippen molar-refractivity contribution >= 4 is 34.2 Å². The number of ether oxygens (including phenoxy) is 1. The summed E-state index contributed by atoms with van der Waals surface area (Å²) < 4.78 is 8.23. The van der Waals surface area contributed by atoms with E-state index in [9.17, 15) is 14.9 Å². The van der Waals surface area contributed by atoms with Gasteiger partial charge in [0.05, 0.1) is 20.0 Å². The van der Waals surface area contributed by atoms with Crippen LogP contribution in [0.2, 0.25) is 0 Å². The lowest BCUT2D eigenvalue weighted by Crippen LogP contribution is -2.44. The number of nitrogens with zero attached hydrogens (tertiary/aromatic N) is 5. The molecule has 0 spiro atoms. The molecule has 1 aromatic carbocycles. The number of carbonyl (C=O) groups is 1. The molecule has 182 valence electrons. The first-order valence-electron chi connectivity index (χ1n) is 11.4. The van der Waals surface area contributed by atoms with E-state index in [1.807, 2.05) is 4.90 Å². The number of methoxy groups -OCH3 is 1.